The smallest absolute Gasteiger partial charge is 0.187 e. The van der Waals surface area contributed by atoms with E-state index in [1.807, 2.05) is 36.2 Å². The third-order valence-electron chi connectivity index (χ3n) is 3.52. The van der Waals surface area contributed by atoms with Crippen LogP contribution >= 0.6 is 12.2 Å². The van der Waals surface area contributed by atoms with E-state index in [2.05, 4.69) is 15.8 Å². The highest BCUT2D eigenvalue weighted by Crippen LogP contribution is 2.12. The Balaban J connectivity index is 1.77. The van der Waals surface area contributed by atoms with Crippen LogP contribution in [0.15, 0.2) is 53.6 Å². The highest BCUT2D eigenvalue weighted by atomic mass is 32.1. The van der Waals surface area contributed by atoms with Crippen molar-refractivity contribution in [1.82, 2.24) is 10.7 Å². The van der Waals surface area contributed by atoms with Crippen LogP contribution in [0.1, 0.15) is 11.1 Å². The molecule has 0 saturated carbocycles. The topological polar surface area (TPSA) is 59.9 Å². The zero-order valence-electron chi connectivity index (χ0n) is 13.9. The Hall–Kier alpha value is -2.51. The number of likely N-dealkylation sites (N-methyl/N-ethyl adjacent to an activating group) is 1. The normalized spacial score (nSPS) is 10.7. The molecule has 2 rings (SSSR count). The van der Waals surface area contributed by atoms with Crippen LogP contribution in [0, 0.1) is 5.82 Å². The van der Waals surface area contributed by atoms with Crippen LogP contribution in [0.2, 0.25) is 0 Å². The number of hydrogen-bond acceptors (Lipinski definition) is 4. The first-order valence-corrected chi connectivity index (χ1v) is 8.22. The number of nitrogens with one attached hydrogen (secondary N) is 2. The van der Waals surface area contributed by atoms with Crippen LogP contribution in [0.4, 0.5) is 10.1 Å². The standard InChI is InChI=1S/C18H21FN4OS/c1-23(10-11-24)17-8-4-15(5-9-17)13-21-22-18(25)20-12-14-2-6-16(19)7-3-14/h2-9,13,24H,10-12H2,1H3,(H2,20,22,25)/b21-13-. The maximum absolute atomic E-state index is 12.8. The molecule has 0 aliphatic carbocycles. The number of anilines is 1. The average molecular weight is 360 g/mol. The van der Waals surface area contributed by atoms with Crippen LogP contribution < -0.4 is 15.6 Å². The highest BCUT2D eigenvalue weighted by molar-refractivity contribution is 7.80. The third kappa shape index (κ3) is 6.48. The number of hydrazone groups is 1. The molecule has 2 aromatic rings. The van der Waals surface area contributed by atoms with Crippen molar-refractivity contribution in [2.75, 3.05) is 25.1 Å². The molecular weight excluding hydrogens is 339 g/mol. The van der Waals surface area contributed by atoms with E-state index in [0.29, 0.717) is 18.2 Å². The zero-order valence-corrected chi connectivity index (χ0v) is 14.8. The van der Waals surface area contributed by atoms with E-state index in [4.69, 9.17) is 17.3 Å². The molecule has 0 heterocycles. The first kappa shape index (κ1) is 18.8. The van der Waals surface area contributed by atoms with Gasteiger partial charge in [-0.25, -0.2) is 4.39 Å². The maximum atomic E-state index is 12.8. The second-order valence-corrected chi connectivity index (χ2v) is 5.82. The van der Waals surface area contributed by atoms with Crippen molar-refractivity contribution < 1.29 is 9.50 Å². The van der Waals surface area contributed by atoms with Crippen molar-refractivity contribution >= 4 is 29.2 Å². The number of halogens is 1. The van der Waals surface area contributed by atoms with E-state index in [9.17, 15) is 4.39 Å². The summed E-state index contributed by atoms with van der Waals surface area (Å²) in [6.07, 6.45) is 1.67. The second kappa shape index (κ2) is 9.71. The molecule has 3 N–H and O–H groups in total. The summed E-state index contributed by atoms with van der Waals surface area (Å²) in [6.45, 7) is 1.20. The molecule has 0 aromatic heterocycles. The van der Waals surface area contributed by atoms with Gasteiger partial charge in [0.25, 0.3) is 0 Å². The molecule has 0 aliphatic heterocycles. The van der Waals surface area contributed by atoms with Crippen LogP contribution in [0.5, 0.6) is 0 Å². The predicted molar refractivity (Wildman–Crippen MR) is 103 cm³/mol. The van der Waals surface area contributed by atoms with Gasteiger partial charge in [0.2, 0.25) is 0 Å². The van der Waals surface area contributed by atoms with E-state index in [1.54, 1.807) is 18.3 Å². The lowest BCUT2D eigenvalue weighted by molar-refractivity contribution is 0.304. The number of rotatable bonds is 7. The van der Waals surface area contributed by atoms with Gasteiger partial charge in [-0.2, -0.15) is 5.10 Å². The monoisotopic (exact) mass is 360 g/mol. The lowest BCUT2D eigenvalue weighted by Crippen LogP contribution is -2.31. The molecule has 0 spiro atoms. The molecule has 0 atom stereocenters. The molecule has 2 aromatic carbocycles. The molecular formula is C18H21FN4OS. The molecule has 0 aliphatic rings. The van der Waals surface area contributed by atoms with Crippen molar-refractivity contribution in [1.29, 1.82) is 0 Å². The maximum Gasteiger partial charge on any atom is 0.187 e. The number of thiocarbonyl (C=S) groups is 1. The molecule has 0 fully saturated rings. The number of hydrogen-bond donors (Lipinski definition) is 3. The van der Waals surface area contributed by atoms with Gasteiger partial charge in [-0.15, -0.1) is 0 Å². The molecule has 0 unspecified atom stereocenters. The minimum absolute atomic E-state index is 0.117. The van der Waals surface area contributed by atoms with Gasteiger partial charge < -0.3 is 15.3 Å². The van der Waals surface area contributed by atoms with E-state index < -0.39 is 0 Å². The summed E-state index contributed by atoms with van der Waals surface area (Å²) in [5, 5.41) is 16.4. The fourth-order valence-corrected chi connectivity index (χ4v) is 2.21. The van der Waals surface area contributed by atoms with Gasteiger partial charge in [-0.1, -0.05) is 24.3 Å². The van der Waals surface area contributed by atoms with Crippen LogP contribution in [0.25, 0.3) is 0 Å². The average Bonchev–Trinajstić information content (AvgIpc) is 2.62. The molecule has 132 valence electrons. The molecule has 0 amide bonds. The van der Waals surface area contributed by atoms with Gasteiger partial charge in [0.05, 0.1) is 12.8 Å². The van der Waals surface area contributed by atoms with E-state index in [0.717, 1.165) is 16.8 Å². The van der Waals surface area contributed by atoms with E-state index >= 15 is 0 Å². The minimum atomic E-state index is -0.261. The first-order chi connectivity index (χ1) is 12.1. The van der Waals surface area contributed by atoms with Gasteiger partial charge in [0.15, 0.2) is 5.11 Å². The fraction of sp³-hybridized carbons (Fsp3) is 0.222. The Bertz CT molecular complexity index is 704. The van der Waals surface area contributed by atoms with Crippen molar-refractivity contribution in [3.63, 3.8) is 0 Å². The summed E-state index contributed by atoms with van der Waals surface area (Å²) in [7, 11) is 1.92. The van der Waals surface area contributed by atoms with Crippen LogP contribution in [-0.2, 0) is 6.54 Å². The molecule has 7 heteroatoms. The summed E-state index contributed by atoms with van der Waals surface area (Å²) in [5.74, 6) is -0.261. The Morgan fingerprint density at radius 2 is 1.88 bits per heavy atom. The van der Waals surface area contributed by atoms with Gasteiger partial charge in [-0.05, 0) is 47.6 Å². The molecule has 0 radical (unpaired) electrons. The Morgan fingerprint density at radius 3 is 2.52 bits per heavy atom. The molecule has 5 nitrogen and oxygen atoms in total. The number of benzene rings is 2. The van der Waals surface area contributed by atoms with Crippen molar-refractivity contribution in [3.05, 3.63) is 65.5 Å². The Labute approximate surface area is 152 Å². The largest absolute Gasteiger partial charge is 0.395 e. The van der Waals surface area contributed by atoms with Crippen molar-refractivity contribution in [2.24, 2.45) is 5.10 Å². The first-order valence-electron chi connectivity index (χ1n) is 7.82. The summed E-state index contributed by atoms with van der Waals surface area (Å²) in [5.41, 5.74) is 5.62. The van der Waals surface area contributed by atoms with Gasteiger partial charge in [0.1, 0.15) is 5.82 Å². The van der Waals surface area contributed by atoms with E-state index in [-0.39, 0.29) is 12.4 Å². The van der Waals surface area contributed by atoms with Gasteiger partial charge in [-0.3, -0.25) is 5.43 Å². The van der Waals surface area contributed by atoms with Crippen LogP contribution in [-0.4, -0.2) is 36.6 Å². The Morgan fingerprint density at radius 1 is 1.20 bits per heavy atom. The minimum Gasteiger partial charge on any atom is -0.395 e. The lowest BCUT2D eigenvalue weighted by Gasteiger charge is -2.17. The third-order valence-corrected chi connectivity index (χ3v) is 3.75. The summed E-state index contributed by atoms with van der Waals surface area (Å²) in [4.78, 5) is 1.97. The summed E-state index contributed by atoms with van der Waals surface area (Å²) < 4.78 is 12.8. The highest BCUT2D eigenvalue weighted by Gasteiger charge is 1.99. The van der Waals surface area contributed by atoms with Gasteiger partial charge >= 0.3 is 0 Å². The van der Waals surface area contributed by atoms with Crippen molar-refractivity contribution in [2.45, 2.75) is 6.54 Å². The van der Waals surface area contributed by atoms with Gasteiger partial charge in [0, 0.05) is 25.8 Å². The molecule has 25 heavy (non-hydrogen) atoms. The number of aliphatic hydroxyl groups is 1. The predicted octanol–water partition coefficient (Wildman–Crippen LogP) is 2.25. The lowest BCUT2D eigenvalue weighted by atomic mass is 10.2. The Kier molecular flexibility index (Phi) is 7.31. The molecule has 0 saturated heterocycles. The molecule has 0 bridgehead atoms. The van der Waals surface area contributed by atoms with Crippen LogP contribution in [0.3, 0.4) is 0 Å². The SMILES string of the molecule is CN(CCO)c1ccc(/C=N\NC(=S)NCc2ccc(F)cc2)cc1. The quantitative estimate of drug-likeness (QED) is 0.402. The summed E-state index contributed by atoms with van der Waals surface area (Å²) in [6, 6.07) is 14.0. The fourth-order valence-electron chi connectivity index (χ4n) is 2.08. The van der Waals surface area contributed by atoms with Crippen molar-refractivity contribution in [3.8, 4) is 0 Å². The zero-order chi connectivity index (χ0) is 18.1. The van der Waals surface area contributed by atoms with E-state index in [1.165, 1.54) is 12.1 Å². The number of nitrogens with zero attached hydrogens (tertiary/aromatic N) is 2. The summed E-state index contributed by atoms with van der Waals surface area (Å²) >= 11 is 5.14. The second-order valence-electron chi connectivity index (χ2n) is 5.42. The number of aliphatic hydroxyl groups excluding tert-OH is 1.